The minimum Gasteiger partial charge on any atom is -0.493 e. The summed E-state index contributed by atoms with van der Waals surface area (Å²) in [7, 11) is 7.81. The highest BCUT2D eigenvalue weighted by Gasteiger charge is 2.45. The fourth-order valence-electron chi connectivity index (χ4n) is 5.47. The van der Waals surface area contributed by atoms with Gasteiger partial charge < -0.3 is 28.4 Å². The SMILES string of the molecule is COCCOC(=O)C1C(C)=NC2=C(C(=O)C[C@@H](c3ccc(OC)c(OC)c3)C2)[C@@H]1c1cc(OC)c(OC)cc1Br. The van der Waals surface area contributed by atoms with E-state index in [0.717, 1.165) is 5.56 Å². The molecule has 2 aromatic carbocycles. The molecule has 0 N–H and O–H groups in total. The molecule has 9 nitrogen and oxygen atoms in total. The number of halogens is 1. The molecule has 0 amide bonds. The third-order valence-corrected chi connectivity index (χ3v) is 8.08. The lowest BCUT2D eigenvalue weighted by Crippen LogP contribution is -2.38. The van der Waals surface area contributed by atoms with Crippen LogP contribution in [0.25, 0.3) is 0 Å². The molecule has 0 bridgehead atoms. The molecule has 1 aliphatic carbocycles. The lowest BCUT2D eigenvalue weighted by molar-refractivity contribution is -0.147. The van der Waals surface area contributed by atoms with Crippen molar-refractivity contribution < 1.29 is 38.0 Å². The Morgan fingerprint density at radius 3 is 2.20 bits per heavy atom. The number of hydrogen-bond donors (Lipinski definition) is 0. The molecule has 40 heavy (non-hydrogen) atoms. The lowest BCUT2D eigenvalue weighted by Gasteiger charge is -2.37. The summed E-state index contributed by atoms with van der Waals surface area (Å²) in [5, 5.41) is 0. The third kappa shape index (κ3) is 5.74. The van der Waals surface area contributed by atoms with Gasteiger partial charge in [-0.2, -0.15) is 0 Å². The van der Waals surface area contributed by atoms with Gasteiger partial charge in [-0.3, -0.25) is 14.6 Å². The van der Waals surface area contributed by atoms with Crippen molar-refractivity contribution in [1.82, 2.24) is 0 Å². The second-order valence-electron chi connectivity index (χ2n) is 9.60. The van der Waals surface area contributed by atoms with Gasteiger partial charge in [-0.25, -0.2) is 0 Å². The van der Waals surface area contributed by atoms with Gasteiger partial charge in [0, 0.05) is 40.9 Å². The van der Waals surface area contributed by atoms with E-state index < -0.39 is 17.8 Å². The highest BCUT2D eigenvalue weighted by Crippen LogP contribution is 2.50. The highest BCUT2D eigenvalue weighted by atomic mass is 79.9. The van der Waals surface area contributed by atoms with Gasteiger partial charge in [-0.15, -0.1) is 0 Å². The molecule has 2 aromatic rings. The predicted octanol–water partition coefficient (Wildman–Crippen LogP) is 5.25. The Kier molecular flexibility index (Phi) is 9.52. The molecule has 0 aromatic heterocycles. The number of ketones is 1. The van der Waals surface area contributed by atoms with Crippen molar-refractivity contribution in [3.05, 3.63) is 57.2 Å². The Balaban J connectivity index is 1.82. The summed E-state index contributed by atoms with van der Waals surface area (Å²) >= 11 is 3.65. The topological polar surface area (TPSA) is 102 Å². The van der Waals surface area contributed by atoms with Crippen LogP contribution in [0.3, 0.4) is 0 Å². The van der Waals surface area contributed by atoms with Crippen LogP contribution in [0.5, 0.6) is 23.0 Å². The van der Waals surface area contributed by atoms with Crippen LogP contribution in [0.4, 0.5) is 0 Å². The molecular formula is C30H34BrNO8. The average molecular weight is 617 g/mol. The van der Waals surface area contributed by atoms with Crippen LogP contribution in [-0.4, -0.2) is 66.2 Å². The van der Waals surface area contributed by atoms with E-state index >= 15 is 0 Å². The third-order valence-electron chi connectivity index (χ3n) is 7.39. The molecule has 1 unspecified atom stereocenters. The minimum absolute atomic E-state index is 0.0707. The maximum absolute atomic E-state index is 14.0. The molecule has 0 fully saturated rings. The van der Waals surface area contributed by atoms with E-state index in [1.54, 1.807) is 47.5 Å². The first-order chi connectivity index (χ1) is 19.3. The molecule has 214 valence electrons. The molecule has 0 saturated heterocycles. The molecule has 0 spiro atoms. The number of rotatable bonds is 10. The van der Waals surface area contributed by atoms with E-state index in [4.69, 9.17) is 33.4 Å². The summed E-state index contributed by atoms with van der Waals surface area (Å²) in [4.78, 5) is 32.3. The van der Waals surface area contributed by atoms with Crippen LogP contribution in [0.15, 0.2) is 51.1 Å². The smallest absolute Gasteiger partial charge is 0.315 e. The van der Waals surface area contributed by atoms with Gasteiger partial charge in [0.2, 0.25) is 0 Å². The summed E-state index contributed by atoms with van der Waals surface area (Å²) in [6.07, 6.45) is 0.788. The number of Topliss-reactive ketones (excluding diaryl/α,β-unsaturated/α-hetero) is 1. The van der Waals surface area contributed by atoms with Crippen LogP contribution in [0.1, 0.15) is 42.7 Å². The molecule has 4 rings (SSSR count). The summed E-state index contributed by atoms with van der Waals surface area (Å²) in [5.74, 6) is 0.154. The van der Waals surface area contributed by atoms with Crippen LogP contribution in [0, 0.1) is 5.92 Å². The van der Waals surface area contributed by atoms with Crippen molar-refractivity contribution in [2.45, 2.75) is 31.6 Å². The standard InChI is InChI=1S/C30H34BrNO8/c1-16-27(30(34)40-10-9-35-2)28(19-14-25(38-5)26(39-6)15-20(19)31)29-21(32-16)11-18(12-22(29)33)17-7-8-23(36-3)24(13-17)37-4/h7-8,13-15,18,27-28H,9-12H2,1-6H3/t18-,27?,28+/m0/s1. The Morgan fingerprint density at radius 1 is 0.900 bits per heavy atom. The summed E-state index contributed by atoms with van der Waals surface area (Å²) in [5.41, 5.74) is 3.43. The maximum Gasteiger partial charge on any atom is 0.315 e. The van der Waals surface area contributed by atoms with Crippen LogP contribution >= 0.6 is 15.9 Å². The van der Waals surface area contributed by atoms with Crippen LogP contribution in [-0.2, 0) is 19.1 Å². The van der Waals surface area contributed by atoms with Crippen molar-refractivity contribution in [3.63, 3.8) is 0 Å². The fraction of sp³-hybridized carbons (Fsp3) is 0.433. The van der Waals surface area contributed by atoms with Crippen molar-refractivity contribution in [2.75, 3.05) is 48.8 Å². The Bertz CT molecular complexity index is 1350. The van der Waals surface area contributed by atoms with Gasteiger partial charge in [0.1, 0.15) is 12.5 Å². The second kappa shape index (κ2) is 12.9. The number of benzene rings is 2. The first kappa shape index (κ1) is 29.6. The highest BCUT2D eigenvalue weighted by molar-refractivity contribution is 9.10. The molecule has 10 heteroatoms. The molecule has 0 saturated carbocycles. The largest absolute Gasteiger partial charge is 0.493 e. The molecule has 0 radical (unpaired) electrons. The van der Waals surface area contributed by atoms with Gasteiger partial charge in [-0.05, 0) is 54.7 Å². The van der Waals surface area contributed by atoms with Crippen molar-refractivity contribution >= 4 is 33.4 Å². The second-order valence-corrected chi connectivity index (χ2v) is 10.5. The normalized spacial score (nSPS) is 20.4. The van der Waals surface area contributed by atoms with Gasteiger partial charge >= 0.3 is 5.97 Å². The average Bonchev–Trinajstić information content (AvgIpc) is 2.95. The number of aliphatic imine (C=N–C) groups is 1. The predicted molar refractivity (Wildman–Crippen MR) is 153 cm³/mol. The molecule has 1 aliphatic heterocycles. The quantitative estimate of drug-likeness (QED) is 0.264. The van der Waals surface area contributed by atoms with E-state index in [-0.39, 0.29) is 31.3 Å². The number of nitrogens with zero attached hydrogens (tertiary/aromatic N) is 1. The summed E-state index contributed by atoms with van der Waals surface area (Å²) < 4.78 is 33.2. The molecule has 2 aliphatic rings. The molecular weight excluding hydrogens is 582 g/mol. The zero-order valence-electron chi connectivity index (χ0n) is 23.5. The monoisotopic (exact) mass is 615 g/mol. The number of hydrogen-bond acceptors (Lipinski definition) is 9. The van der Waals surface area contributed by atoms with E-state index in [9.17, 15) is 9.59 Å². The van der Waals surface area contributed by atoms with E-state index in [2.05, 4.69) is 15.9 Å². The number of esters is 1. The molecule has 1 heterocycles. The van der Waals surface area contributed by atoms with E-state index in [1.807, 2.05) is 18.2 Å². The van der Waals surface area contributed by atoms with E-state index in [1.165, 1.54) is 7.11 Å². The van der Waals surface area contributed by atoms with Crippen LogP contribution in [0.2, 0.25) is 0 Å². The maximum atomic E-state index is 14.0. The minimum atomic E-state index is -0.799. The Labute approximate surface area is 242 Å². The lowest BCUT2D eigenvalue weighted by atomic mass is 9.69. The number of carbonyl (C=O) groups excluding carboxylic acids is 2. The van der Waals surface area contributed by atoms with Crippen molar-refractivity contribution in [3.8, 4) is 23.0 Å². The number of methoxy groups -OCH3 is 5. The fourth-order valence-corrected chi connectivity index (χ4v) is 6.04. The van der Waals surface area contributed by atoms with E-state index in [0.29, 0.717) is 56.4 Å². The van der Waals surface area contributed by atoms with Crippen LogP contribution < -0.4 is 18.9 Å². The van der Waals surface area contributed by atoms with Gasteiger partial charge in [-0.1, -0.05) is 22.0 Å². The Hall–Kier alpha value is -3.37. The first-order valence-corrected chi connectivity index (χ1v) is 13.7. The van der Waals surface area contributed by atoms with Crippen molar-refractivity contribution in [2.24, 2.45) is 10.9 Å². The van der Waals surface area contributed by atoms with Gasteiger partial charge in [0.05, 0.1) is 35.0 Å². The Morgan fingerprint density at radius 2 is 1.55 bits per heavy atom. The molecule has 3 atom stereocenters. The number of allylic oxidation sites excluding steroid dienone is 2. The van der Waals surface area contributed by atoms with Gasteiger partial charge in [0.25, 0.3) is 0 Å². The van der Waals surface area contributed by atoms with Crippen molar-refractivity contribution in [1.29, 1.82) is 0 Å². The first-order valence-electron chi connectivity index (χ1n) is 12.9. The summed E-state index contributed by atoms with van der Waals surface area (Å²) in [6.45, 7) is 2.16. The number of carbonyl (C=O) groups is 2. The van der Waals surface area contributed by atoms with Gasteiger partial charge in [0.15, 0.2) is 28.8 Å². The zero-order chi connectivity index (χ0) is 29.0. The zero-order valence-corrected chi connectivity index (χ0v) is 25.1. The number of ether oxygens (including phenoxy) is 6. The summed E-state index contributed by atoms with van der Waals surface area (Å²) in [6, 6.07) is 9.28.